The number of allylic oxidation sites excluding steroid dienone is 1. The van der Waals surface area contributed by atoms with Crippen molar-refractivity contribution >= 4 is 15.9 Å². The molecule has 0 atom stereocenters. The van der Waals surface area contributed by atoms with Crippen molar-refractivity contribution in [3.63, 3.8) is 0 Å². The van der Waals surface area contributed by atoms with E-state index in [1.165, 1.54) is 37.7 Å². The zero-order valence-electron chi connectivity index (χ0n) is 13.0. The predicted molar refractivity (Wildman–Crippen MR) is 92.8 cm³/mol. The summed E-state index contributed by atoms with van der Waals surface area (Å²) in [7, 11) is 0. The molecule has 2 nitrogen and oxygen atoms in total. The molecular weight excluding hydrogens is 326 g/mol. The lowest BCUT2D eigenvalue weighted by molar-refractivity contribution is 0.313. The van der Waals surface area contributed by atoms with Gasteiger partial charge in [-0.3, -0.25) is 0 Å². The molecule has 0 heterocycles. The summed E-state index contributed by atoms with van der Waals surface area (Å²) >= 11 is 3.54. The molecule has 1 aliphatic rings. The van der Waals surface area contributed by atoms with Gasteiger partial charge in [0.15, 0.2) is 0 Å². The smallest absolute Gasteiger partial charge is 0.123 e. The van der Waals surface area contributed by atoms with Gasteiger partial charge in [-0.15, -0.1) is 0 Å². The molecule has 0 saturated carbocycles. The SMILES string of the molecule is CCCOc1ccc(Br)cc1CNCCC1=CCCCC1. The molecule has 1 aromatic carbocycles. The lowest BCUT2D eigenvalue weighted by atomic mass is 9.97. The minimum atomic E-state index is 0.779. The van der Waals surface area contributed by atoms with Crippen LogP contribution in [0, 0.1) is 0 Å². The van der Waals surface area contributed by atoms with Gasteiger partial charge in [0.05, 0.1) is 6.61 Å². The Bertz CT molecular complexity index is 470. The molecule has 2 rings (SSSR count). The van der Waals surface area contributed by atoms with Crippen LogP contribution in [0.4, 0.5) is 0 Å². The highest BCUT2D eigenvalue weighted by molar-refractivity contribution is 9.10. The number of rotatable bonds is 8. The lowest BCUT2D eigenvalue weighted by Gasteiger charge is -2.14. The van der Waals surface area contributed by atoms with Gasteiger partial charge in [-0.1, -0.05) is 34.5 Å². The van der Waals surface area contributed by atoms with E-state index in [2.05, 4.69) is 46.4 Å². The summed E-state index contributed by atoms with van der Waals surface area (Å²) in [6, 6.07) is 6.25. The molecule has 0 aliphatic heterocycles. The van der Waals surface area contributed by atoms with Gasteiger partial charge in [-0.2, -0.15) is 0 Å². The van der Waals surface area contributed by atoms with Crippen LogP contribution in [-0.2, 0) is 6.54 Å². The molecule has 0 saturated heterocycles. The Morgan fingerprint density at radius 2 is 2.19 bits per heavy atom. The van der Waals surface area contributed by atoms with Gasteiger partial charge < -0.3 is 10.1 Å². The van der Waals surface area contributed by atoms with Gasteiger partial charge in [-0.05, 0) is 63.3 Å². The normalized spacial score (nSPS) is 14.9. The van der Waals surface area contributed by atoms with Crippen molar-refractivity contribution in [2.24, 2.45) is 0 Å². The number of hydrogen-bond acceptors (Lipinski definition) is 2. The zero-order chi connectivity index (χ0) is 14.9. The Morgan fingerprint density at radius 3 is 2.95 bits per heavy atom. The van der Waals surface area contributed by atoms with E-state index in [9.17, 15) is 0 Å². The Morgan fingerprint density at radius 1 is 1.29 bits per heavy atom. The van der Waals surface area contributed by atoms with E-state index in [0.29, 0.717) is 0 Å². The fourth-order valence-corrected chi connectivity index (χ4v) is 3.05. The Kier molecular flexibility index (Phi) is 7.31. The molecule has 0 bridgehead atoms. The van der Waals surface area contributed by atoms with E-state index < -0.39 is 0 Å². The fourth-order valence-electron chi connectivity index (χ4n) is 2.64. The summed E-state index contributed by atoms with van der Waals surface area (Å²) in [6.07, 6.45) is 9.95. The molecule has 1 N–H and O–H groups in total. The predicted octanol–water partition coefficient (Wildman–Crippen LogP) is 5.22. The summed E-state index contributed by atoms with van der Waals surface area (Å²) in [5.41, 5.74) is 2.86. The Labute approximate surface area is 137 Å². The van der Waals surface area contributed by atoms with Crippen molar-refractivity contribution in [1.82, 2.24) is 5.32 Å². The van der Waals surface area contributed by atoms with Gasteiger partial charge in [0.25, 0.3) is 0 Å². The van der Waals surface area contributed by atoms with Crippen molar-refractivity contribution in [2.75, 3.05) is 13.2 Å². The highest BCUT2D eigenvalue weighted by atomic mass is 79.9. The minimum Gasteiger partial charge on any atom is -0.493 e. The van der Waals surface area contributed by atoms with Crippen LogP contribution >= 0.6 is 15.9 Å². The van der Waals surface area contributed by atoms with Crippen LogP contribution < -0.4 is 10.1 Å². The first-order valence-electron chi connectivity index (χ1n) is 8.09. The van der Waals surface area contributed by atoms with Crippen LogP contribution in [0.3, 0.4) is 0 Å². The number of hydrogen-bond donors (Lipinski definition) is 1. The van der Waals surface area contributed by atoms with E-state index >= 15 is 0 Å². The first-order valence-corrected chi connectivity index (χ1v) is 8.88. The van der Waals surface area contributed by atoms with Crippen LogP contribution in [0.25, 0.3) is 0 Å². The maximum atomic E-state index is 5.82. The summed E-state index contributed by atoms with van der Waals surface area (Å²) in [5.74, 6) is 1.00. The van der Waals surface area contributed by atoms with E-state index in [4.69, 9.17) is 4.74 Å². The molecule has 0 aromatic heterocycles. The van der Waals surface area contributed by atoms with Gasteiger partial charge in [0.1, 0.15) is 5.75 Å². The monoisotopic (exact) mass is 351 g/mol. The highest BCUT2D eigenvalue weighted by Crippen LogP contribution is 2.24. The highest BCUT2D eigenvalue weighted by Gasteiger charge is 2.06. The van der Waals surface area contributed by atoms with Crippen molar-refractivity contribution in [1.29, 1.82) is 0 Å². The van der Waals surface area contributed by atoms with Gasteiger partial charge in [0.2, 0.25) is 0 Å². The largest absolute Gasteiger partial charge is 0.493 e. The number of halogens is 1. The summed E-state index contributed by atoms with van der Waals surface area (Å²) in [5, 5.41) is 3.55. The topological polar surface area (TPSA) is 21.3 Å². The molecule has 0 fully saturated rings. The van der Waals surface area contributed by atoms with Crippen LogP contribution in [-0.4, -0.2) is 13.2 Å². The third kappa shape index (κ3) is 5.84. The maximum absolute atomic E-state index is 5.82. The molecular formula is C18H26BrNO. The average Bonchev–Trinajstić information content (AvgIpc) is 2.52. The third-order valence-corrected chi connectivity index (χ3v) is 4.30. The number of ether oxygens (including phenoxy) is 1. The van der Waals surface area contributed by atoms with Crippen LogP contribution in [0.5, 0.6) is 5.75 Å². The standard InChI is InChI=1S/C18H26BrNO/c1-2-12-21-18-9-8-17(19)13-16(18)14-20-11-10-15-6-4-3-5-7-15/h6,8-9,13,20H,2-5,7,10-12,14H2,1H3. The first-order chi connectivity index (χ1) is 10.3. The summed E-state index contributed by atoms with van der Waals surface area (Å²) in [4.78, 5) is 0. The van der Waals surface area contributed by atoms with Crippen LogP contribution in [0.2, 0.25) is 0 Å². The Hall–Kier alpha value is -0.800. The number of benzene rings is 1. The zero-order valence-corrected chi connectivity index (χ0v) is 14.5. The second-order valence-electron chi connectivity index (χ2n) is 5.64. The van der Waals surface area contributed by atoms with E-state index in [0.717, 1.165) is 36.3 Å². The molecule has 0 unspecified atom stereocenters. The third-order valence-electron chi connectivity index (χ3n) is 3.81. The average molecular weight is 352 g/mol. The van der Waals surface area contributed by atoms with Gasteiger partial charge >= 0.3 is 0 Å². The van der Waals surface area contributed by atoms with E-state index in [1.54, 1.807) is 5.57 Å². The summed E-state index contributed by atoms with van der Waals surface area (Å²) < 4.78 is 6.93. The molecule has 0 radical (unpaired) electrons. The molecule has 1 aliphatic carbocycles. The van der Waals surface area contributed by atoms with Gasteiger partial charge in [-0.25, -0.2) is 0 Å². The lowest BCUT2D eigenvalue weighted by Crippen LogP contribution is -2.16. The Balaban J connectivity index is 1.81. The molecule has 0 amide bonds. The molecule has 0 spiro atoms. The van der Waals surface area contributed by atoms with Crippen LogP contribution in [0.15, 0.2) is 34.3 Å². The second kappa shape index (κ2) is 9.26. The summed E-state index contributed by atoms with van der Waals surface area (Å²) in [6.45, 7) is 4.83. The molecule has 116 valence electrons. The fraction of sp³-hybridized carbons (Fsp3) is 0.556. The van der Waals surface area contributed by atoms with Crippen molar-refractivity contribution in [3.05, 3.63) is 39.9 Å². The minimum absolute atomic E-state index is 0.779. The molecule has 21 heavy (non-hydrogen) atoms. The van der Waals surface area contributed by atoms with E-state index in [-0.39, 0.29) is 0 Å². The quantitative estimate of drug-likeness (QED) is 0.512. The second-order valence-corrected chi connectivity index (χ2v) is 6.55. The van der Waals surface area contributed by atoms with Crippen molar-refractivity contribution in [2.45, 2.75) is 52.0 Å². The van der Waals surface area contributed by atoms with Crippen molar-refractivity contribution < 1.29 is 4.74 Å². The first kappa shape index (κ1) is 16.6. The molecule has 1 aromatic rings. The maximum Gasteiger partial charge on any atom is 0.123 e. The van der Waals surface area contributed by atoms with Gasteiger partial charge in [0, 0.05) is 16.6 Å². The van der Waals surface area contributed by atoms with Crippen LogP contribution in [0.1, 0.15) is 51.0 Å². The van der Waals surface area contributed by atoms with Crippen molar-refractivity contribution in [3.8, 4) is 5.75 Å². The number of nitrogens with one attached hydrogen (secondary N) is 1. The van der Waals surface area contributed by atoms with E-state index in [1.807, 2.05) is 6.07 Å². The molecule has 3 heteroatoms.